The first kappa shape index (κ1) is 6.51. The van der Waals surface area contributed by atoms with Crippen LogP contribution in [-0.4, -0.2) is 11.2 Å². The minimum atomic E-state index is 0.552. The predicted octanol–water partition coefficient (Wildman–Crippen LogP) is 2.28. The number of thiocarbonyl (C=S) groups is 1. The van der Waals surface area contributed by atoms with Crippen molar-refractivity contribution >= 4 is 17.4 Å². The van der Waals surface area contributed by atoms with Gasteiger partial charge >= 0.3 is 0 Å². The second kappa shape index (κ2) is 2.44. The number of hydrogen-bond acceptors (Lipinski definition) is 2. The second-order valence-corrected chi connectivity index (χ2v) is 3.65. The van der Waals surface area contributed by atoms with Crippen LogP contribution in [-0.2, 0) is 0 Å². The first-order chi connectivity index (χ1) is 4.90. The van der Waals surface area contributed by atoms with Gasteiger partial charge in [0.25, 0.3) is 0 Å². The highest BCUT2D eigenvalue weighted by atomic mass is 32.1. The maximum atomic E-state index is 4.59. The van der Waals surface area contributed by atoms with Gasteiger partial charge in [-0.15, -0.1) is 0 Å². The minimum Gasteiger partial charge on any atom is -0.229 e. The van der Waals surface area contributed by atoms with Gasteiger partial charge in [0, 0.05) is 0 Å². The lowest BCUT2D eigenvalue weighted by Crippen LogP contribution is -2.13. The zero-order valence-electron chi connectivity index (χ0n) is 5.92. The van der Waals surface area contributed by atoms with Gasteiger partial charge in [0.05, 0.1) is 11.2 Å². The number of aliphatic imine (C=N–C) groups is 1. The van der Waals surface area contributed by atoms with Crippen LogP contribution in [0.15, 0.2) is 4.99 Å². The number of fused-ring (bicyclic) bond motifs is 2. The van der Waals surface area contributed by atoms with Crippen LogP contribution in [0.2, 0.25) is 0 Å². The van der Waals surface area contributed by atoms with Crippen LogP contribution < -0.4 is 0 Å². The Morgan fingerprint density at radius 3 is 2.70 bits per heavy atom. The van der Waals surface area contributed by atoms with E-state index in [0.717, 1.165) is 11.8 Å². The van der Waals surface area contributed by atoms with Crippen molar-refractivity contribution in [1.29, 1.82) is 0 Å². The van der Waals surface area contributed by atoms with Gasteiger partial charge in [-0.2, -0.15) is 0 Å². The average molecular weight is 153 g/mol. The van der Waals surface area contributed by atoms with E-state index in [2.05, 4.69) is 22.4 Å². The van der Waals surface area contributed by atoms with E-state index >= 15 is 0 Å². The average Bonchev–Trinajstić information content (AvgIpc) is 2.48. The second-order valence-electron chi connectivity index (χ2n) is 3.46. The summed E-state index contributed by atoms with van der Waals surface area (Å²) in [6.45, 7) is 0. The van der Waals surface area contributed by atoms with Crippen molar-refractivity contribution in [3.8, 4) is 0 Å². The van der Waals surface area contributed by atoms with Crippen LogP contribution in [0, 0.1) is 11.8 Å². The quantitative estimate of drug-likeness (QED) is 0.416. The van der Waals surface area contributed by atoms with Gasteiger partial charge in [-0.05, 0) is 43.3 Å². The first-order valence-corrected chi connectivity index (χ1v) is 4.38. The summed E-state index contributed by atoms with van der Waals surface area (Å²) in [6.07, 6.45) is 5.52. The number of isothiocyanates is 1. The lowest BCUT2D eigenvalue weighted by atomic mass is 9.96. The molecule has 0 aromatic heterocycles. The molecule has 2 rings (SSSR count). The molecule has 0 spiro atoms. The summed E-state index contributed by atoms with van der Waals surface area (Å²) < 4.78 is 0. The lowest BCUT2D eigenvalue weighted by Gasteiger charge is -2.15. The molecule has 1 unspecified atom stereocenters. The van der Waals surface area contributed by atoms with Gasteiger partial charge in [-0.1, -0.05) is 6.42 Å². The van der Waals surface area contributed by atoms with E-state index in [0.29, 0.717) is 6.04 Å². The van der Waals surface area contributed by atoms with Crippen LogP contribution in [0.1, 0.15) is 25.7 Å². The van der Waals surface area contributed by atoms with E-state index in [-0.39, 0.29) is 0 Å². The van der Waals surface area contributed by atoms with Crippen molar-refractivity contribution in [2.45, 2.75) is 31.7 Å². The molecule has 0 aliphatic heterocycles. The molecule has 1 nitrogen and oxygen atoms in total. The van der Waals surface area contributed by atoms with Gasteiger partial charge < -0.3 is 0 Å². The Balaban J connectivity index is 2.08. The lowest BCUT2D eigenvalue weighted by molar-refractivity contribution is 0.422. The number of nitrogens with zero attached hydrogens (tertiary/aromatic N) is 1. The smallest absolute Gasteiger partial charge is 0.0633 e. The Labute approximate surface area is 66.5 Å². The van der Waals surface area contributed by atoms with E-state index in [4.69, 9.17) is 0 Å². The number of rotatable bonds is 1. The summed E-state index contributed by atoms with van der Waals surface area (Å²) in [4.78, 5) is 4.17. The van der Waals surface area contributed by atoms with Crippen molar-refractivity contribution in [3.05, 3.63) is 0 Å². The molecule has 0 amide bonds. The van der Waals surface area contributed by atoms with E-state index in [1.165, 1.54) is 25.7 Å². The molecular formula is C8H11NS. The Morgan fingerprint density at radius 1 is 1.30 bits per heavy atom. The van der Waals surface area contributed by atoms with Crippen LogP contribution >= 0.6 is 12.2 Å². The molecular weight excluding hydrogens is 142 g/mol. The van der Waals surface area contributed by atoms with Crippen molar-refractivity contribution in [2.75, 3.05) is 0 Å². The van der Waals surface area contributed by atoms with E-state index in [1.807, 2.05) is 0 Å². The molecule has 2 heteroatoms. The summed E-state index contributed by atoms with van der Waals surface area (Å²) in [5.41, 5.74) is 0. The molecule has 0 saturated heterocycles. The van der Waals surface area contributed by atoms with E-state index in [1.54, 1.807) is 0 Å². The van der Waals surface area contributed by atoms with Crippen molar-refractivity contribution < 1.29 is 0 Å². The van der Waals surface area contributed by atoms with Crippen LogP contribution in [0.5, 0.6) is 0 Å². The van der Waals surface area contributed by atoms with E-state index in [9.17, 15) is 0 Å². The molecule has 2 aliphatic carbocycles. The molecule has 0 heterocycles. The highest BCUT2D eigenvalue weighted by Crippen LogP contribution is 2.45. The van der Waals surface area contributed by atoms with Gasteiger partial charge in [0.2, 0.25) is 0 Å². The van der Waals surface area contributed by atoms with Gasteiger partial charge in [-0.25, -0.2) is 4.99 Å². The monoisotopic (exact) mass is 153 g/mol. The zero-order chi connectivity index (χ0) is 6.97. The first-order valence-electron chi connectivity index (χ1n) is 3.97. The SMILES string of the molecule is S=C=N[C@@H]1C[C@@H]2CCC1C2. The largest absolute Gasteiger partial charge is 0.229 e. The summed E-state index contributed by atoms with van der Waals surface area (Å²) in [7, 11) is 0. The fraction of sp³-hybridized carbons (Fsp3) is 0.875. The standard InChI is InChI=1S/C8H11NS/c10-5-9-8-4-6-1-2-7(8)3-6/h6-8H,1-4H2/t6-,7?,8-/m1/s1. The topological polar surface area (TPSA) is 12.4 Å². The molecule has 2 fully saturated rings. The summed E-state index contributed by atoms with van der Waals surface area (Å²) in [5.74, 6) is 1.84. The van der Waals surface area contributed by atoms with Crippen molar-refractivity contribution in [2.24, 2.45) is 16.8 Å². The normalized spacial score (nSPS) is 43.4. The molecule has 3 atom stereocenters. The maximum Gasteiger partial charge on any atom is 0.0633 e. The fourth-order valence-electron chi connectivity index (χ4n) is 2.44. The maximum absolute atomic E-state index is 4.59. The molecule has 2 saturated carbocycles. The Hall–Kier alpha value is -0.200. The summed E-state index contributed by atoms with van der Waals surface area (Å²) >= 11 is 4.59. The van der Waals surface area contributed by atoms with Crippen LogP contribution in [0.3, 0.4) is 0 Å². The number of hydrogen-bond donors (Lipinski definition) is 0. The molecule has 0 radical (unpaired) electrons. The van der Waals surface area contributed by atoms with E-state index < -0.39 is 0 Å². The molecule has 10 heavy (non-hydrogen) atoms. The van der Waals surface area contributed by atoms with Crippen LogP contribution in [0.4, 0.5) is 0 Å². The zero-order valence-corrected chi connectivity index (χ0v) is 6.73. The highest BCUT2D eigenvalue weighted by molar-refractivity contribution is 7.78. The minimum absolute atomic E-state index is 0.552. The molecule has 2 bridgehead atoms. The Bertz CT molecular complexity index is 184. The Morgan fingerprint density at radius 2 is 2.20 bits per heavy atom. The molecule has 0 aromatic rings. The molecule has 0 N–H and O–H groups in total. The Kier molecular flexibility index (Phi) is 1.59. The predicted molar refractivity (Wildman–Crippen MR) is 44.3 cm³/mol. The molecule has 0 aromatic carbocycles. The van der Waals surface area contributed by atoms with Crippen molar-refractivity contribution in [3.63, 3.8) is 0 Å². The molecule has 2 aliphatic rings. The third-order valence-corrected chi connectivity index (χ3v) is 3.02. The molecule has 54 valence electrons. The van der Waals surface area contributed by atoms with Gasteiger partial charge in [0.15, 0.2) is 0 Å². The third kappa shape index (κ3) is 0.920. The summed E-state index contributed by atoms with van der Waals surface area (Å²) in [5, 5.41) is 2.50. The van der Waals surface area contributed by atoms with Crippen LogP contribution in [0.25, 0.3) is 0 Å². The fourth-order valence-corrected chi connectivity index (χ4v) is 2.57. The third-order valence-electron chi connectivity index (χ3n) is 2.92. The summed E-state index contributed by atoms with van der Waals surface area (Å²) in [6, 6.07) is 0.552. The highest BCUT2D eigenvalue weighted by Gasteiger charge is 2.39. The van der Waals surface area contributed by atoms with Crippen molar-refractivity contribution in [1.82, 2.24) is 0 Å². The van der Waals surface area contributed by atoms with Gasteiger partial charge in [-0.3, -0.25) is 0 Å². The van der Waals surface area contributed by atoms with Gasteiger partial charge in [0.1, 0.15) is 0 Å².